The first-order chi connectivity index (χ1) is 12.1. The van der Waals surface area contributed by atoms with Crippen molar-refractivity contribution in [3.63, 3.8) is 0 Å². The van der Waals surface area contributed by atoms with Crippen molar-refractivity contribution in [1.82, 2.24) is 0 Å². The number of halogens is 1. The number of benzene rings is 2. The van der Waals surface area contributed by atoms with Gasteiger partial charge in [0.25, 0.3) is 5.91 Å². The number of rotatable bonds is 6. The summed E-state index contributed by atoms with van der Waals surface area (Å²) in [7, 11) is 3.02. The first-order valence-corrected chi connectivity index (χ1v) is 7.61. The maximum atomic E-state index is 12.2. The number of carbonyl (C=O) groups is 1. The summed E-state index contributed by atoms with van der Waals surface area (Å²) < 4.78 is 10.3. The normalized spacial score (nSPS) is 10.6. The Hall–Kier alpha value is -3.17. The van der Waals surface area contributed by atoms with Gasteiger partial charge in [-0.05, 0) is 36.4 Å². The minimum Gasteiger partial charge on any atom is -0.493 e. The molecule has 0 aliphatic carbocycles. The molecule has 0 bridgehead atoms. The van der Waals surface area contributed by atoms with Crippen LogP contribution in [0.1, 0.15) is 0 Å². The van der Waals surface area contributed by atoms with Crippen molar-refractivity contribution in [2.45, 2.75) is 0 Å². The van der Waals surface area contributed by atoms with Crippen LogP contribution in [0, 0.1) is 11.3 Å². The van der Waals surface area contributed by atoms with Crippen LogP contribution in [-0.4, -0.2) is 20.1 Å². The third-order valence-corrected chi connectivity index (χ3v) is 3.49. The van der Waals surface area contributed by atoms with E-state index in [0.717, 1.165) is 0 Å². The molecule has 0 saturated heterocycles. The van der Waals surface area contributed by atoms with Crippen molar-refractivity contribution in [1.29, 1.82) is 5.26 Å². The number of hydrogen-bond donors (Lipinski definition) is 2. The molecule has 0 atom stereocenters. The van der Waals surface area contributed by atoms with Crippen LogP contribution >= 0.6 is 11.6 Å². The Morgan fingerprint density at radius 1 is 1.08 bits per heavy atom. The van der Waals surface area contributed by atoms with Crippen molar-refractivity contribution >= 4 is 28.9 Å². The summed E-state index contributed by atoms with van der Waals surface area (Å²) in [6.45, 7) is 0. The highest BCUT2D eigenvalue weighted by Gasteiger charge is 2.11. The minimum absolute atomic E-state index is 0.0789. The van der Waals surface area contributed by atoms with Crippen LogP contribution in [0.15, 0.2) is 54.2 Å². The van der Waals surface area contributed by atoms with E-state index in [1.165, 1.54) is 20.4 Å². The zero-order valence-electron chi connectivity index (χ0n) is 13.7. The van der Waals surface area contributed by atoms with E-state index in [2.05, 4.69) is 10.6 Å². The fraction of sp³-hybridized carbons (Fsp3) is 0.111. The van der Waals surface area contributed by atoms with E-state index >= 15 is 0 Å². The van der Waals surface area contributed by atoms with Crippen molar-refractivity contribution in [2.75, 3.05) is 24.9 Å². The molecule has 0 heterocycles. The standard InChI is InChI=1S/C18H16ClN3O3/c1-24-16-8-7-15(9-17(16)25-2)22-18(23)12(10-20)11-21-14-5-3-13(19)4-6-14/h3-9,11,21H,1-2H3,(H,22,23)/b12-11-. The molecule has 0 aliphatic heterocycles. The van der Waals surface area contributed by atoms with Crippen molar-refractivity contribution < 1.29 is 14.3 Å². The second-order valence-electron chi connectivity index (χ2n) is 4.84. The molecule has 2 N–H and O–H groups in total. The Labute approximate surface area is 150 Å². The van der Waals surface area contributed by atoms with E-state index in [1.807, 2.05) is 6.07 Å². The second-order valence-corrected chi connectivity index (χ2v) is 5.28. The number of carbonyl (C=O) groups excluding carboxylic acids is 1. The van der Waals surface area contributed by atoms with Gasteiger partial charge in [-0.25, -0.2) is 0 Å². The van der Waals surface area contributed by atoms with Crippen LogP contribution in [0.25, 0.3) is 0 Å². The van der Waals surface area contributed by atoms with Gasteiger partial charge in [0.2, 0.25) is 0 Å². The van der Waals surface area contributed by atoms with Crippen molar-refractivity contribution in [3.8, 4) is 17.6 Å². The summed E-state index contributed by atoms with van der Waals surface area (Å²) in [6, 6.07) is 13.7. The van der Waals surface area contributed by atoms with Crippen LogP contribution in [-0.2, 0) is 4.79 Å². The Kier molecular flexibility index (Phi) is 6.26. The molecule has 25 heavy (non-hydrogen) atoms. The molecule has 2 aromatic rings. The molecule has 2 aromatic carbocycles. The van der Waals surface area contributed by atoms with Gasteiger partial charge in [0, 0.05) is 28.7 Å². The van der Waals surface area contributed by atoms with Gasteiger partial charge in [-0.1, -0.05) is 11.6 Å². The molecule has 7 heteroatoms. The van der Waals surface area contributed by atoms with Gasteiger partial charge in [-0.15, -0.1) is 0 Å². The van der Waals surface area contributed by atoms with E-state index in [9.17, 15) is 10.1 Å². The molecule has 0 spiro atoms. The predicted molar refractivity (Wildman–Crippen MR) is 96.9 cm³/mol. The van der Waals surface area contributed by atoms with Gasteiger partial charge in [0.15, 0.2) is 11.5 Å². The second kappa shape index (κ2) is 8.62. The maximum Gasteiger partial charge on any atom is 0.267 e. The summed E-state index contributed by atoms with van der Waals surface area (Å²) in [5.41, 5.74) is 1.11. The third-order valence-electron chi connectivity index (χ3n) is 3.23. The van der Waals surface area contributed by atoms with Gasteiger partial charge < -0.3 is 20.1 Å². The summed E-state index contributed by atoms with van der Waals surface area (Å²) in [5.74, 6) is 0.471. The Morgan fingerprint density at radius 3 is 2.32 bits per heavy atom. The van der Waals surface area contributed by atoms with E-state index in [-0.39, 0.29) is 5.57 Å². The lowest BCUT2D eigenvalue weighted by Crippen LogP contribution is -2.14. The number of methoxy groups -OCH3 is 2. The van der Waals surface area contributed by atoms with Crippen molar-refractivity contribution in [2.24, 2.45) is 0 Å². The highest BCUT2D eigenvalue weighted by atomic mass is 35.5. The molecule has 0 unspecified atom stereocenters. The monoisotopic (exact) mass is 357 g/mol. The van der Waals surface area contributed by atoms with Gasteiger partial charge in [-0.2, -0.15) is 5.26 Å². The van der Waals surface area contributed by atoms with Crippen LogP contribution in [0.3, 0.4) is 0 Å². The minimum atomic E-state index is -0.545. The van der Waals surface area contributed by atoms with Crippen LogP contribution in [0.4, 0.5) is 11.4 Å². The summed E-state index contributed by atoms with van der Waals surface area (Å²) in [6.07, 6.45) is 1.33. The van der Waals surface area contributed by atoms with Crippen LogP contribution in [0.5, 0.6) is 11.5 Å². The van der Waals surface area contributed by atoms with E-state index in [0.29, 0.717) is 27.9 Å². The molecule has 0 aliphatic rings. The molecule has 128 valence electrons. The van der Waals surface area contributed by atoms with Crippen LogP contribution < -0.4 is 20.1 Å². The Balaban J connectivity index is 2.10. The zero-order chi connectivity index (χ0) is 18.2. The van der Waals surface area contributed by atoms with E-state index in [4.69, 9.17) is 21.1 Å². The summed E-state index contributed by atoms with van der Waals surface area (Å²) >= 11 is 5.81. The average molecular weight is 358 g/mol. The molecule has 6 nitrogen and oxygen atoms in total. The van der Waals surface area contributed by atoms with Gasteiger partial charge in [0.05, 0.1) is 14.2 Å². The number of nitrogens with one attached hydrogen (secondary N) is 2. The first-order valence-electron chi connectivity index (χ1n) is 7.23. The number of nitriles is 1. The highest BCUT2D eigenvalue weighted by molar-refractivity contribution is 6.30. The topological polar surface area (TPSA) is 83.4 Å². The lowest BCUT2D eigenvalue weighted by atomic mass is 10.2. The lowest BCUT2D eigenvalue weighted by Gasteiger charge is -2.10. The first kappa shape index (κ1) is 18.2. The SMILES string of the molecule is COc1ccc(NC(=O)/C(C#N)=C\Nc2ccc(Cl)cc2)cc1OC. The number of ether oxygens (including phenoxy) is 2. The zero-order valence-corrected chi connectivity index (χ0v) is 14.4. The molecular weight excluding hydrogens is 342 g/mol. The molecule has 0 fully saturated rings. The Morgan fingerprint density at radius 2 is 1.72 bits per heavy atom. The van der Waals surface area contributed by atoms with E-state index in [1.54, 1.807) is 42.5 Å². The fourth-order valence-electron chi connectivity index (χ4n) is 1.96. The average Bonchev–Trinajstić information content (AvgIpc) is 2.63. The third kappa shape index (κ3) is 4.90. The fourth-order valence-corrected chi connectivity index (χ4v) is 2.09. The number of anilines is 2. The number of hydrogen-bond acceptors (Lipinski definition) is 5. The van der Waals surface area contributed by atoms with Gasteiger partial charge in [-0.3, -0.25) is 4.79 Å². The molecular formula is C18H16ClN3O3. The summed E-state index contributed by atoms with van der Waals surface area (Å²) in [5, 5.41) is 15.3. The predicted octanol–water partition coefficient (Wildman–Crippen LogP) is 3.82. The van der Waals surface area contributed by atoms with Crippen molar-refractivity contribution in [3.05, 3.63) is 59.3 Å². The molecule has 0 radical (unpaired) electrons. The van der Waals surface area contributed by atoms with Gasteiger partial charge in [0.1, 0.15) is 11.6 Å². The van der Waals surface area contributed by atoms with E-state index < -0.39 is 5.91 Å². The quantitative estimate of drug-likeness (QED) is 0.606. The van der Waals surface area contributed by atoms with Gasteiger partial charge >= 0.3 is 0 Å². The smallest absolute Gasteiger partial charge is 0.267 e. The Bertz CT molecular complexity index is 826. The number of nitrogens with zero attached hydrogens (tertiary/aromatic N) is 1. The maximum absolute atomic E-state index is 12.2. The molecule has 2 rings (SSSR count). The lowest BCUT2D eigenvalue weighted by molar-refractivity contribution is -0.112. The summed E-state index contributed by atoms with van der Waals surface area (Å²) in [4.78, 5) is 12.2. The molecule has 0 saturated carbocycles. The number of amides is 1. The van der Waals surface area contributed by atoms with Crippen LogP contribution in [0.2, 0.25) is 5.02 Å². The highest BCUT2D eigenvalue weighted by Crippen LogP contribution is 2.29. The molecule has 0 aromatic heterocycles. The molecule has 1 amide bonds. The largest absolute Gasteiger partial charge is 0.493 e.